The Hall–Kier alpha value is -0.570. The Morgan fingerprint density at radius 1 is 1.31 bits per heavy atom. The Morgan fingerprint density at radius 3 is 2.62 bits per heavy atom. The molecule has 92 valence electrons. The van der Waals surface area contributed by atoms with Crippen LogP contribution in [0.2, 0.25) is 0 Å². The van der Waals surface area contributed by atoms with Crippen LogP contribution >= 0.6 is 0 Å². The smallest absolute Gasteiger partial charge is 0.223 e. The van der Waals surface area contributed by atoms with Gasteiger partial charge in [-0.1, -0.05) is 12.8 Å². The lowest BCUT2D eigenvalue weighted by Crippen LogP contribution is -2.48. The summed E-state index contributed by atoms with van der Waals surface area (Å²) < 4.78 is 0. The molecule has 16 heavy (non-hydrogen) atoms. The number of nitrogens with zero attached hydrogens (tertiary/aromatic N) is 1. The summed E-state index contributed by atoms with van der Waals surface area (Å²) >= 11 is 0. The number of likely N-dealkylation sites (tertiary alicyclic amines) is 1. The maximum absolute atomic E-state index is 12.2. The van der Waals surface area contributed by atoms with Crippen molar-refractivity contribution in [2.75, 3.05) is 6.54 Å². The topological polar surface area (TPSA) is 46.3 Å². The monoisotopic (exact) mass is 224 g/mol. The molecule has 2 rings (SSSR count). The second kappa shape index (κ2) is 5.17. The lowest BCUT2D eigenvalue weighted by atomic mass is 9.96. The molecule has 1 amide bonds. The summed E-state index contributed by atoms with van der Waals surface area (Å²) in [6.45, 7) is 3.00. The van der Waals surface area contributed by atoms with Gasteiger partial charge in [-0.25, -0.2) is 0 Å². The Morgan fingerprint density at radius 2 is 2.00 bits per heavy atom. The van der Waals surface area contributed by atoms with Crippen LogP contribution in [0.5, 0.6) is 0 Å². The van der Waals surface area contributed by atoms with Gasteiger partial charge in [0.1, 0.15) is 0 Å². The van der Waals surface area contributed by atoms with E-state index in [2.05, 4.69) is 11.8 Å². The van der Waals surface area contributed by atoms with Crippen LogP contribution in [0.1, 0.15) is 51.9 Å². The molecular formula is C13H24N2O. The van der Waals surface area contributed by atoms with Crippen molar-refractivity contribution >= 4 is 5.91 Å². The fraction of sp³-hybridized carbons (Fsp3) is 0.923. The lowest BCUT2D eigenvalue weighted by Gasteiger charge is -2.37. The second-order valence-electron chi connectivity index (χ2n) is 5.58. The minimum Gasteiger partial charge on any atom is -0.340 e. The summed E-state index contributed by atoms with van der Waals surface area (Å²) in [5, 5.41) is 0. The first kappa shape index (κ1) is 11.9. The van der Waals surface area contributed by atoms with E-state index in [9.17, 15) is 4.79 Å². The van der Waals surface area contributed by atoms with E-state index in [4.69, 9.17) is 5.73 Å². The average Bonchev–Trinajstić information content (AvgIpc) is 2.70. The van der Waals surface area contributed by atoms with Crippen LogP contribution < -0.4 is 5.73 Å². The fourth-order valence-electron chi connectivity index (χ4n) is 3.16. The molecule has 3 heteroatoms. The van der Waals surface area contributed by atoms with Crippen molar-refractivity contribution in [3.63, 3.8) is 0 Å². The first-order valence-corrected chi connectivity index (χ1v) is 6.72. The highest BCUT2D eigenvalue weighted by Gasteiger charge is 2.28. The summed E-state index contributed by atoms with van der Waals surface area (Å²) in [5.74, 6) is 1.03. The number of nitrogens with two attached hydrogens (primary N) is 1. The van der Waals surface area contributed by atoms with Crippen LogP contribution in [0.4, 0.5) is 0 Å². The van der Waals surface area contributed by atoms with Gasteiger partial charge in [0, 0.05) is 25.0 Å². The zero-order chi connectivity index (χ0) is 11.5. The normalized spacial score (nSPS) is 32.0. The zero-order valence-electron chi connectivity index (χ0n) is 10.3. The molecule has 3 nitrogen and oxygen atoms in total. The third-order valence-electron chi connectivity index (χ3n) is 4.18. The lowest BCUT2D eigenvalue weighted by molar-refractivity contribution is -0.135. The Labute approximate surface area is 98.4 Å². The van der Waals surface area contributed by atoms with E-state index in [1.54, 1.807) is 0 Å². The average molecular weight is 224 g/mol. The highest BCUT2D eigenvalue weighted by atomic mass is 16.2. The van der Waals surface area contributed by atoms with Gasteiger partial charge in [-0.2, -0.15) is 0 Å². The molecular weight excluding hydrogens is 200 g/mol. The number of hydrogen-bond donors (Lipinski definition) is 1. The molecule has 2 unspecified atom stereocenters. The molecule has 2 aliphatic rings. The SMILES string of the molecule is CC1CC(N)CCN1C(=O)CC1CCCC1. The Bertz CT molecular complexity index is 248. The molecule has 0 bridgehead atoms. The van der Waals surface area contributed by atoms with Gasteiger partial charge >= 0.3 is 0 Å². The number of hydrogen-bond acceptors (Lipinski definition) is 2. The van der Waals surface area contributed by atoms with E-state index in [-0.39, 0.29) is 0 Å². The second-order valence-corrected chi connectivity index (χ2v) is 5.58. The molecule has 2 atom stereocenters. The minimum atomic E-state index is 0.297. The van der Waals surface area contributed by atoms with E-state index in [1.807, 2.05) is 0 Å². The van der Waals surface area contributed by atoms with Crippen molar-refractivity contribution < 1.29 is 4.79 Å². The molecule has 0 aromatic carbocycles. The van der Waals surface area contributed by atoms with Crippen molar-refractivity contribution in [2.45, 2.75) is 64.0 Å². The highest BCUT2D eigenvalue weighted by Crippen LogP contribution is 2.29. The third-order valence-corrected chi connectivity index (χ3v) is 4.18. The predicted octanol–water partition coefficient (Wildman–Crippen LogP) is 1.90. The maximum Gasteiger partial charge on any atom is 0.223 e. The number of carbonyl (C=O) groups is 1. The molecule has 2 N–H and O–H groups in total. The minimum absolute atomic E-state index is 0.297. The van der Waals surface area contributed by atoms with Crippen LogP contribution in [-0.4, -0.2) is 29.4 Å². The molecule has 0 aromatic heterocycles. The van der Waals surface area contributed by atoms with Crippen molar-refractivity contribution in [1.82, 2.24) is 4.90 Å². The van der Waals surface area contributed by atoms with E-state index < -0.39 is 0 Å². The first-order valence-electron chi connectivity index (χ1n) is 6.72. The van der Waals surface area contributed by atoms with Gasteiger partial charge in [0.25, 0.3) is 0 Å². The molecule has 0 spiro atoms. The molecule has 2 fully saturated rings. The van der Waals surface area contributed by atoms with Gasteiger partial charge in [0.2, 0.25) is 5.91 Å². The van der Waals surface area contributed by atoms with E-state index in [1.165, 1.54) is 25.7 Å². The molecule has 1 aliphatic heterocycles. The predicted molar refractivity (Wildman–Crippen MR) is 65.0 cm³/mol. The summed E-state index contributed by atoms with van der Waals surface area (Å²) in [5.41, 5.74) is 5.91. The third kappa shape index (κ3) is 2.76. The molecule has 1 saturated heterocycles. The van der Waals surface area contributed by atoms with Crippen molar-refractivity contribution in [3.05, 3.63) is 0 Å². The zero-order valence-corrected chi connectivity index (χ0v) is 10.3. The number of rotatable bonds is 2. The maximum atomic E-state index is 12.2. The van der Waals surface area contributed by atoms with Crippen LogP contribution in [0.25, 0.3) is 0 Å². The van der Waals surface area contributed by atoms with Crippen molar-refractivity contribution in [2.24, 2.45) is 11.7 Å². The number of piperidine rings is 1. The molecule has 1 saturated carbocycles. The number of amides is 1. The van der Waals surface area contributed by atoms with E-state index >= 15 is 0 Å². The van der Waals surface area contributed by atoms with Crippen LogP contribution in [0.15, 0.2) is 0 Å². The number of carbonyl (C=O) groups excluding carboxylic acids is 1. The summed E-state index contributed by atoms with van der Waals surface area (Å²) in [7, 11) is 0. The molecule has 0 aromatic rings. The summed E-state index contributed by atoms with van der Waals surface area (Å²) in [6, 6.07) is 0.642. The van der Waals surface area contributed by atoms with Crippen molar-refractivity contribution in [1.29, 1.82) is 0 Å². The van der Waals surface area contributed by atoms with E-state index in [0.717, 1.165) is 25.8 Å². The summed E-state index contributed by atoms with van der Waals surface area (Å²) in [6.07, 6.45) is 7.87. The van der Waals surface area contributed by atoms with Gasteiger partial charge in [-0.05, 0) is 38.5 Å². The fourth-order valence-corrected chi connectivity index (χ4v) is 3.16. The Balaban J connectivity index is 1.83. The van der Waals surface area contributed by atoms with Gasteiger partial charge in [-0.15, -0.1) is 0 Å². The molecule has 1 heterocycles. The van der Waals surface area contributed by atoms with Crippen LogP contribution in [0.3, 0.4) is 0 Å². The van der Waals surface area contributed by atoms with Crippen LogP contribution in [0, 0.1) is 5.92 Å². The Kier molecular flexibility index (Phi) is 3.85. The van der Waals surface area contributed by atoms with Gasteiger partial charge in [0.15, 0.2) is 0 Å². The van der Waals surface area contributed by atoms with Gasteiger partial charge in [0.05, 0.1) is 0 Å². The van der Waals surface area contributed by atoms with Crippen molar-refractivity contribution in [3.8, 4) is 0 Å². The molecule has 0 radical (unpaired) electrons. The van der Waals surface area contributed by atoms with Crippen LogP contribution in [-0.2, 0) is 4.79 Å². The first-order chi connectivity index (χ1) is 7.66. The quantitative estimate of drug-likeness (QED) is 0.778. The summed E-state index contributed by atoms with van der Waals surface area (Å²) in [4.78, 5) is 14.2. The van der Waals surface area contributed by atoms with E-state index in [0.29, 0.717) is 23.9 Å². The largest absolute Gasteiger partial charge is 0.340 e. The standard InChI is InChI=1S/C13H24N2O/c1-10-8-12(14)6-7-15(10)13(16)9-11-4-2-3-5-11/h10-12H,2-9,14H2,1H3. The van der Waals surface area contributed by atoms with Gasteiger partial charge < -0.3 is 10.6 Å². The highest BCUT2D eigenvalue weighted by molar-refractivity contribution is 5.76. The van der Waals surface area contributed by atoms with Gasteiger partial charge in [-0.3, -0.25) is 4.79 Å². The molecule has 1 aliphatic carbocycles.